The van der Waals surface area contributed by atoms with Crippen molar-refractivity contribution in [3.05, 3.63) is 52.4 Å². The van der Waals surface area contributed by atoms with Gasteiger partial charge < -0.3 is 14.1 Å². The lowest BCUT2D eigenvalue weighted by molar-refractivity contribution is -0.0228. The van der Waals surface area contributed by atoms with E-state index in [0.29, 0.717) is 30.6 Å². The lowest BCUT2D eigenvalue weighted by atomic mass is 10.1. The Kier molecular flexibility index (Phi) is 3.59. The monoisotopic (exact) mass is 332 g/mol. The van der Waals surface area contributed by atoms with Crippen LogP contribution >= 0.6 is 11.3 Å². The number of ether oxygens (including phenoxy) is 1. The highest BCUT2D eigenvalue weighted by atomic mass is 32.1. The van der Waals surface area contributed by atoms with Crippen molar-refractivity contribution in [2.24, 2.45) is 0 Å². The van der Waals surface area contributed by atoms with Gasteiger partial charge in [0.25, 0.3) is 5.91 Å². The van der Waals surface area contributed by atoms with Gasteiger partial charge in [0.2, 0.25) is 0 Å². The third kappa shape index (κ3) is 2.51. The number of hydrogen-bond acceptors (Lipinski definition) is 5. The minimum absolute atomic E-state index is 0.112. The Bertz CT molecular complexity index is 846. The first-order valence-corrected chi connectivity index (χ1v) is 8.08. The summed E-state index contributed by atoms with van der Waals surface area (Å²) >= 11 is 1.51. The lowest BCUT2D eigenvalue weighted by Crippen LogP contribution is -2.42. The zero-order valence-electron chi connectivity index (χ0n) is 12.1. The van der Waals surface area contributed by atoms with Crippen LogP contribution in [0.15, 0.2) is 40.5 Å². The maximum Gasteiger partial charge on any atom is 0.254 e. The summed E-state index contributed by atoms with van der Waals surface area (Å²) in [6.45, 7) is 1.38. The van der Waals surface area contributed by atoms with Gasteiger partial charge in [-0.05, 0) is 18.2 Å². The average molecular weight is 332 g/mol. The molecule has 3 heterocycles. The molecule has 2 aromatic heterocycles. The van der Waals surface area contributed by atoms with Gasteiger partial charge in [-0.3, -0.25) is 4.79 Å². The second-order valence-corrected chi connectivity index (χ2v) is 6.17. The van der Waals surface area contributed by atoms with Crippen molar-refractivity contribution < 1.29 is 18.3 Å². The molecule has 0 bridgehead atoms. The molecule has 0 aliphatic carbocycles. The van der Waals surface area contributed by atoms with Gasteiger partial charge in [-0.25, -0.2) is 9.37 Å². The minimum Gasteiger partial charge on any atom is -0.461 e. The zero-order chi connectivity index (χ0) is 15.8. The number of rotatable bonds is 2. The molecule has 1 aromatic carbocycles. The second kappa shape index (κ2) is 5.75. The lowest BCUT2D eigenvalue weighted by Gasteiger charge is -2.32. The number of thiazole rings is 1. The van der Waals surface area contributed by atoms with Crippen molar-refractivity contribution in [3.8, 4) is 0 Å². The van der Waals surface area contributed by atoms with Crippen LogP contribution in [0.2, 0.25) is 0 Å². The van der Waals surface area contributed by atoms with Gasteiger partial charge in [0.05, 0.1) is 25.0 Å². The number of carbonyl (C=O) groups excluding carboxylic acids is 1. The molecule has 0 spiro atoms. The summed E-state index contributed by atoms with van der Waals surface area (Å²) in [6.07, 6.45) is 2.90. The number of halogens is 1. The van der Waals surface area contributed by atoms with Gasteiger partial charge in [-0.1, -0.05) is 0 Å². The second-order valence-electron chi connectivity index (χ2n) is 5.24. The number of benzene rings is 1. The minimum atomic E-state index is -0.468. The van der Waals surface area contributed by atoms with Crippen LogP contribution in [0, 0.1) is 5.82 Å². The fourth-order valence-corrected chi connectivity index (χ4v) is 3.44. The van der Waals surface area contributed by atoms with Crippen LogP contribution in [0.5, 0.6) is 0 Å². The number of carbonyl (C=O) groups is 1. The average Bonchev–Trinajstić information content (AvgIpc) is 3.27. The van der Waals surface area contributed by atoms with Crippen molar-refractivity contribution in [1.29, 1.82) is 0 Å². The number of morpholine rings is 1. The van der Waals surface area contributed by atoms with Crippen molar-refractivity contribution in [3.63, 3.8) is 0 Å². The zero-order valence-corrected chi connectivity index (χ0v) is 12.9. The highest BCUT2D eigenvalue weighted by molar-refractivity contribution is 7.09. The fraction of sp³-hybridized carbons (Fsp3) is 0.250. The van der Waals surface area contributed by atoms with Gasteiger partial charge in [0.15, 0.2) is 11.4 Å². The number of hydrogen-bond donors (Lipinski definition) is 0. The molecule has 1 atom stereocenters. The number of nitrogens with zero attached hydrogens (tertiary/aromatic N) is 2. The van der Waals surface area contributed by atoms with Crippen LogP contribution in [-0.4, -0.2) is 35.5 Å². The van der Waals surface area contributed by atoms with Crippen molar-refractivity contribution in [2.75, 3.05) is 19.7 Å². The highest BCUT2D eigenvalue weighted by Crippen LogP contribution is 2.28. The van der Waals surface area contributed by atoms with Gasteiger partial charge >= 0.3 is 0 Å². The third-order valence-electron chi connectivity index (χ3n) is 3.88. The number of amides is 1. The first-order valence-electron chi connectivity index (χ1n) is 7.20. The summed E-state index contributed by atoms with van der Waals surface area (Å²) < 4.78 is 24.5. The van der Waals surface area contributed by atoms with E-state index in [4.69, 9.17) is 9.15 Å². The molecule has 4 rings (SSSR count). The molecule has 1 saturated heterocycles. The molecule has 118 valence electrons. The summed E-state index contributed by atoms with van der Waals surface area (Å²) in [4.78, 5) is 18.8. The Balaban J connectivity index is 1.63. The molecule has 1 fully saturated rings. The molecule has 7 heteroatoms. The molecule has 0 saturated carbocycles. The Morgan fingerprint density at radius 2 is 2.30 bits per heavy atom. The summed E-state index contributed by atoms with van der Waals surface area (Å²) in [7, 11) is 0. The largest absolute Gasteiger partial charge is 0.461 e. The Morgan fingerprint density at radius 1 is 1.39 bits per heavy atom. The normalized spacial score (nSPS) is 18.5. The SMILES string of the molecule is O=C(c1ccc(F)c2occc12)N1CCOC(c2nccs2)C1. The van der Waals surface area contributed by atoms with Gasteiger partial charge in [-0.2, -0.15) is 0 Å². The third-order valence-corrected chi connectivity index (χ3v) is 4.75. The Morgan fingerprint density at radius 3 is 3.13 bits per heavy atom. The predicted octanol–water partition coefficient (Wildman–Crippen LogP) is 3.24. The van der Waals surface area contributed by atoms with Gasteiger partial charge in [-0.15, -0.1) is 11.3 Å². The van der Waals surface area contributed by atoms with Crippen molar-refractivity contribution >= 4 is 28.2 Å². The first-order chi connectivity index (χ1) is 11.2. The van der Waals surface area contributed by atoms with Crippen molar-refractivity contribution in [1.82, 2.24) is 9.88 Å². The molecule has 23 heavy (non-hydrogen) atoms. The molecule has 0 radical (unpaired) electrons. The standard InChI is InChI=1S/C16H13FN2O3S/c17-12-2-1-11(10-3-6-22-14(10)12)16(20)19-5-7-21-13(9-19)15-18-4-8-23-15/h1-4,6,8,13H,5,7,9H2. The van der Waals surface area contributed by atoms with Crippen LogP contribution in [0.3, 0.4) is 0 Å². The summed E-state index contributed by atoms with van der Waals surface area (Å²) in [5.41, 5.74) is 0.551. The number of fused-ring (bicyclic) bond motifs is 1. The van der Waals surface area contributed by atoms with Crippen LogP contribution in [0.1, 0.15) is 21.5 Å². The van der Waals surface area contributed by atoms with Crippen LogP contribution in [0.4, 0.5) is 4.39 Å². The summed E-state index contributed by atoms with van der Waals surface area (Å²) in [5, 5.41) is 3.23. The van der Waals surface area contributed by atoms with E-state index < -0.39 is 5.82 Å². The molecule has 1 unspecified atom stereocenters. The molecule has 1 aliphatic rings. The van der Waals surface area contributed by atoms with Gasteiger partial charge in [0, 0.05) is 23.5 Å². The van der Waals surface area contributed by atoms with E-state index in [1.54, 1.807) is 17.2 Å². The van der Waals surface area contributed by atoms with Crippen LogP contribution in [0.25, 0.3) is 11.0 Å². The van der Waals surface area contributed by atoms with E-state index in [1.807, 2.05) is 5.38 Å². The number of furan rings is 1. The Hall–Kier alpha value is -2.25. The molecular formula is C16H13FN2O3S. The Labute approximate surface area is 135 Å². The van der Waals surface area contributed by atoms with E-state index in [1.165, 1.54) is 29.7 Å². The molecule has 3 aromatic rings. The molecule has 1 amide bonds. The topological polar surface area (TPSA) is 55.6 Å². The summed E-state index contributed by atoms with van der Waals surface area (Å²) in [6, 6.07) is 4.38. The molecule has 0 N–H and O–H groups in total. The quantitative estimate of drug-likeness (QED) is 0.723. The van der Waals surface area contributed by atoms with E-state index in [9.17, 15) is 9.18 Å². The van der Waals surface area contributed by atoms with E-state index >= 15 is 0 Å². The van der Waals surface area contributed by atoms with Gasteiger partial charge in [0.1, 0.15) is 11.1 Å². The van der Waals surface area contributed by atoms with E-state index in [2.05, 4.69) is 4.98 Å². The first kappa shape index (κ1) is 14.3. The molecular weight excluding hydrogens is 319 g/mol. The smallest absolute Gasteiger partial charge is 0.254 e. The fourth-order valence-electron chi connectivity index (χ4n) is 2.76. The maximum atomic E-state index is 13.7. The predicted molar refractivity (Wildman–Crippen MR) is 82.9 cm³/mol. The molecule has 5 nitrogen and oxygen atoms in total. The van der Waals surface area contributed by atoms with E-state index in [0.717, 1.165) is 5.01 Å². The van der Waals surface area contributed by atoms with E-state index in [-0.39, 0.29) is 17.6 Å². The summed E-state index contributed by atoms with van der Waals surface area (Å²) in [5.74, 6) is -0.620. The van der Waals surface area contributed by atoms with Crippen molar-refractivity contribution in [2.45, 2.75) is 6.10 Å². The molecule has 1 aliphatic heterocycles. The maximum absolute atomic E-state index is 13.7. The van der Waals surface area contributed by atoms with Crippen LogP contribution < -0.4 is 0 Å². The highest BCUT2D eigenvalue weighted by Gasteiger charge is 2.28. The van der Waals surface area contributed by atoms with Crippen LogP contribution in [-0.2, 0) is 4.74 Å². The number of aromatic nitrogens is 1.